The minimum Gasteiger partial charge on any atom is -0.274 e. The van der Waals surface area contributed by atoms with Crippen LogP contribution in [0.5, 0.6) is 0 Å². The first-order chi connectivity index (χ1) is 10.2. The highest BCUT2D eigenvalue weighted by atomic mass is 32.2. The van der Waals surface area contributed by atoms with Crippen LogP contribution in [0.2, 0.25) is 0 Å². The molecule has 0 saturated heterocycles. The number of sulfonamides is 1. The average molecular weight is 324 g/mol. The maximum Gasteiger partial charge on any atom is 0.261 e. The molecule has 3 amide bonds. The molecule has 0 fully saturated rings. The van der Waals surface area contributed by atoms with Crippen LogP contribution in [0.15, 0.2) is 24.3 Å². The molecule has 22 heavy (non-hydrogen) atoms. The fourth-order valence-corrected chi connectivity index (χ4v) is 2.64. The Morgan fingerprint density at radius 2 is 1.64 bits per heavy atom. The molecule has 0 atom stereocenters. The van der Waals surface area contributed by atoms with Crippen LogP contribution < -0.4 is 4.72 Å². The molecule has 1 aliphatic rings. The van der Waals surface area contributed by atoms with Crippen molar-refractivity contribution in [2.45, 2.75) is 25.5 Å². The molecule has 0 unspecified atom stereocenters. The number of hydrogen-bond donors (Lipinski definition) is 1. The van der Waals surface area contributed by atoms with Crippen LogP contribution in [-0.4, -0.2) is 42.8 Å². The fourth-order valence-electron chi connectivity index (χ4n) is 1.98. The number of nitrogens with zero attached hydrogens (tertiary/aromatic N) is 1. The van der Waals surface area contributed by atoms with E-state index < -0.39 is 33.0 Å². The molecule has 2 rings (SSSR count). The number of rotatable bonds is 5. The van der Waals surface area contributed by atoms with E-state index in [0.717, 1.165) is 4.90 Å². The van der Waals surface area contributed by atoms with Gasteiger partial charge in [-0.25, -0.2) is 8.42 Å². The van der Waals surface area contributed by atoms with Crippen LogP contribution in [0, 0.1) is 0 Å². The number of amides is 3. The Hall–Kier alpha value is -2.22. The Labute approximate surface area is 128 Å². The first kappa shape index (κ1) is 16.2. The molecular weight excluding hydrogens is 308 g/mol. The summed E-state index contributed by atoms with van der Waals surface area (Å²) in [7, 11) is -3.71. The number of carbonyl (C=O) groups is 3. The van der Waals surface area contributed by atoms with Gasteiger partial charge in [-0.15, -0.1) is 0 Å². The Morgan fingerprint density at radius 1 is 1.14 bits per heavy atom. The lowest BCUT2D eigenvalue weighted by atomic mass is 10.1. The summed E-state index contributed by atoms with van der Waals surface area (Å²) < 4.78 is 25.0. The van der Waals surface area contributed by atoms with Gasteiger partial charge in [0.2, 0.25) is 15.9 Å². The van der Waals surface area contributed by atoms with E-state index >= 15 is 0 Å². The number of nitrogens with one attached hydrogen (secondary N) is 1. The van der Waals surface area contributed by atoms with Crippen molar-refractivity contribution in [3.05, 3.63) is 35.4 Å². The third-order valence-corrected chi connectivity index (χ3v) is 5.07. The molecule has 7 nitrogen and oxygen atoms in total. The van der Waals surface area contributed by atoms with Crippen molar-refractivity contribution >= 4 is 27.7 Å². The van der Waals surface area contributed by atoms with E-state index in [0.29, 0.717) is 11.1 Å². The van der Waals surface area contributed by atoms with E-state index in [9.17, 15) is 22.8 Å². The second-order valence-corrected chi connectivity index (χ2v) is 7.41. The Morgan fingerprint density at radius 3 is 2.09 bits per heavy atom. The normalized spacial score (nSPS) is 14.4. The van der Waals surface area contributed by atoms with Crippen molar-refractivity contribution in [1.29, 1.82) is 0 Å². The van der Waals surface area contributed by atoms with Crippen LogP contribution >= 0.6 is 0 Å². The summed E-state index contributed by atoms with van der Waals surface area (Å²) in [6.45, 7) is 2.73. The average Bonchev–Trinajstić information content (AvgIpc) is 2.69. The summed E-state index contributed by atoms with van der Waals surface area (Å²) >= 11 is 0. The van der Waals surface area contributed by atoms with Gasteiger partial charge in [-0.05, 0) is 26.0 Å². The topological polar surface area (TPSA) is 101 Å². The van der Waals surface area contributed by atoms with E-state index in [1.807, 2.05) is 4.72 Å². The summed E-state index contributed by atoms with van der Waals surface area (Å²) in [6, 6.07) is 6.38. The molecule has 0 spiro atoms. The molecular formula is C14H16N2O5S. The second kappa shape index (κ2) is 5.88. The highest BCUT2D eigenvalue weighted by Crippen LogP contribution is 2.22. The lowest BCUT2D eigenvalue weighted by molar-refractivity contribution is -0.119. The summed E-state index contributed by atoms with van der Waals surface area (Å²) in [5.74, 6) is -1.69. The number of imide groups is 1. The Balaban J connectivity index is 2.01. The van der Waals surface area contributed by atoms with Crippen molar-refractivity contribution in [2.24, 2.45) is 0 Å². The third-order valence-electron chi connectivity index (χ3n) is 3.32. The van der Waals surface area contributed by atoms with E-state index in [1.54, 1.807) is 24.3 Å². The fraction of sp³-hybridized carbons (Fsp3) is 0.357. The predicted molar refractivity (Wildman–Crippen MR) is 78.6 cm³/mol. The SMILES string of the molecule is CC(C)S(=O)(=O)NC(=O)CCN1C(=O)c2ccccc2C1=O. The third kappa shape index (κ3) is 3.01. The highest BCUT2D eigenvalue weighted by molar-refractivity contribution is 7.90. The molecule has 0 radical (unpaired) electrons. The van der Waals surface area contributed by atoms with Gasteiger partial charge in [0.05, 0.1) is 16.4 Å². The van der Waals surface area contributed by atoms with Gasteiger partial charge in [-0.3, -0.25) is 24.0 Å². The van der Waals surface area contributed by atoms with Gasteiger partial charge in [0.1, 0.15) is 0 Å². The molecule has 1 aromatic carbocycles. The van der Waals surface area contributed by atoms with Crippen LogP contribution in [0.1, 0.15) is 41.0 Å². The van der Waals surface area contributed by atoms with Crippen LogP contribution in [0.25, 0.3) is 0 Å². The zero-order valence-corrected chi connectivity index (χ0v) is 13.0. The van der Waals surface area contributed by atoms with E-state index in [4.69, 9.17) is 0 Å². The predicted octanol–water partition coefficient (Wildman–Crippen LogP) is 0.527. The number of fused-ring (bicyclic) bond motifs is 1. The van der Waals surface area contributed by atoms with Gasteiger partial charge >= 0.3 is 0 Å². The van der Waals surface area contributed by atoms with Gasteiger partial charge in [0.25, 0.3) is 11.8 Å². The van der Waals surface area contributed by atoms with E-state index in [2.05, 4.69) is 0 Å². The first-order valence-corrected chi connectivity index (χ1v) is 8.28. The van der Waals surface area contributed by atoms with Crippen LogP contribution in [0.3, 0.4) is 0 Å². The van der Waals surface area contributed by atoms with E-state index in [-0.39, 0.29) is 13.0 Å². The Bertz CT molecular complexity index is 704. The maximum absolute atomic E-state index is 12.1. The largest absolute Gasteiger partial charge is 0.274 e. The summed E-state index contributed by atoms with van der Waals surface area (Å²) in [5, 5.41) is -0.740. The van der Waals surface area contributed by atoms with Gasteiger partial charge in [-0.1, -0.05) is 12.1 Å². The number of hydrogen-bond acceptors (Lipinski definition) is 5. The monoisotopic (exact) mass is 324 g/mol. The van der Waals surface area contributed by atoms with Crippen molar-refractivity contribution < 1.29 is 22.8 Å². The summed E-state index contributed by atoms with van der Waals surface area (Å²) in [4.78, 5) is 36.8. The molecule has 1 N–H and O–H groups in total. The smallest absolute Gasteiger partial charge is 0.261 e. The van der Waals surface area contributed by atoms with Crippen molar-refractivity contribution in [3.63, 3.8) is 0 Å². The standard InChI is InChI=1S/C14H16N2O5S/c1-9(2)22(20,21)15-12(17)7-8-16-13(18)10-5-3-4-6-11(10)14(16)19/h3-6,9H,7-8H2,1-2H3,(H,15,17). The van der Waals surface area contributed by atoms with Gasteiger partial charge in [-0.2, -0.15) is 0 Å². The van der Waals surface area contributed by atoms with Gasteiger partial charge in [0, 0.05) is 13.0 Å². The van der Waals surface area contributed by atoms with Crippen LogP contribution in [0.4, 0.5) is 0 Å². The van der Waals surface area contributed by atoms with Gasteiger partial charge < -0.3 is 0 Å². The van der Waals surface area contributed by atoms with Crippen LogP contribution in [-0.2, 0) is 14.8 Å². The molecule has 8 heteroatoms. The molecule has 0 aliphatic carbocycles. The molecule has 0 bridgehead atoms. The molecule has 118 valence electrons. The summed E-state index contributed by atoms with van der Waals surface area (Å²) in [6.07, 6.45) is -0.266. The quantitative estimate of drug-likeness (QED) is 0.796. The second-order valence-electron chi connectivity index (χ2n) is 5.18. The highest BCUT2D eigenvalue weighted by Gasteiger charge is 2.35. The zero-order chi connectivity index (χ0) is 16.5. The van der Waals surface area contributed by atoms with Crippen molar-refractivity contribution in [1.82, 2.24) is 9.62 Å². The van der Waals surface area contributed by atoms with Crippen molar-refractivity contribution in [3.8, 4) is 0 Å². The Kier molecular flexibility index (Phi) is 4.32. The van der Waals surface area contributed by atoms with Crippen molar-refractivity contribution in [2.75, 3.05) is 6.54 Å². The zero-order valence-electron chi connectivity index (χ0n) is 12.2. The lowest BCUT2D eigenvalue weighted by Crippen LogP contribution is -2.39. The molecule has 1 aromatic rings. The number of benzene rings is 1. The maximum atomic E-state index is 12.1. The molecule has 0 aromatic heterocycles. The minimum absolute atomic E-state index is 0.161. The first-order valence-electron chi connectivity index (χ1n) is 6.73. The van der Waals surface area contributed by atoms with Gasteiger partial charge in [0.15, 0.2) is 0 Å². The molecule has 1 heterocycles. The number of carbonyl (C=O) groups excluding carboxylic acids is 3. The lowest BCUT2D eigenvalue weighted by Gasteiger charge is -2.14. The molecule has 0 saturated carbocycles. The summed E-state index contributed by atoms with van der Waals surface area (Å²) in [5.41, 5.74) is 0.588. The molecule has 1 aliphatic heterocycles. The minimum atomic E-state index is -3.71. The van der Waals surface area contributed by atoms with E-state index in [1.165, 1.54) is 13.8 Å².